The molecule has 37 heavy (non-hydrogen) atoms. The molecule has 1 aliphatic heterocycles. The summed E-state index contributed by atoms with van der Waals surface area (Å²) < 4.78 is 10.6. The number of carbonyl (C=O) groups excluding carboxylic acids is 1. The molecule has 1 amide bonds. The molecule has 1 aliphatic rings. The average Bonchev–Trinajstić information content (AvgIpc) is 2.95. The van der Waals surface area contributed by atoms with E-state index >= 15 is 0 Å². The number of aliphatic carboxylic acids is 1. The molecule has 1 aromatic heterocycles. The molecule has 1 fully saturated rings. The predicted octanol–water partition coefficient (Wildman–Crippen LogP) is 3.66. The smallest absolute Gasteiger partial charge is 0.326 e. The van der Waals surface area contributed by atoms with E-state index in [-0.39, 0.29) is 13.0 Å². The topological polar surface area (TPSA) is 92.2 Å². The van der Waals surface area contributed by atoms with Crippen molar-refractivity contribution in [3.05, 3.63) is 95.7 Å². The van der Waals surface area contributed by atoms with E-state index in [0.29, 0.717) is 19.0 Å². The van der Waals surface area contributed by atoms with Crippen LogP contribution in [0.5, 0.6) is 5.75 Å². The van der Waals surface area contributed by atoms with Crippen LogP contribution < -0.4 is 9.64 Å². The number of aromatic nitrogens is 1. The van der Waals surface area contributed by atoms with Crippen LogP contribution in [0.2, 0.25) is 0 Å². The number of anilines is 1. The third-order valence-corrected chi connectivity index (χ3v) is 6.25. The number of carbonyl (C=O) groups is 2. The number of rotatable bonds is 10. The van der Waals surface area contributed by atoms with Gasteiger partial charge in [0.05, 0.1) is 20.3 Å². The molecule has 192 valence electrons. The highest BCUT2D eigenvalue weighted by molar-refractivity contribution is 5.94. The first kappa shape index (κ1) is 25.9. The molecular weight excluding hydrogens is 470 g/mol. The highest BCUT2D eigenvalue weighted by atomic mass is 16.5. The van der Waals surface area contributed by atoms with Gasteiger partial charge in [0.25, 0.3) is 0 Å². The zero-order valence-corrected chi connectivity index (χ0v) is 20.8. The zero-order valence-electron chi connectivity index (χ0n) is 20.8. The molecule has 3 aromatic rings. The summed E-state index contributed by atoms with van der Waals surface area (Å²) in [6.45, 7) is 2.97. The lowest BCUT2D eigenvalue weighted by atomic mass is 10.0. The van der Waals surface area contributed by atoms with E-state index in [1.807, 2.05) is 54.6 Å². The van der Waals surface area contributed by atoms with E-state index < -0.39 is 17.9 Å². The van der Waals surface area contributed by atoms with Crippen molar-refractivity contribution in [1.82, 2.24) is 9.88 Å². The third kappa shape index (κ3) is 7.17. The number of morpholine rings is 1. The Balaban J connectivity index is 1.57. The summed E-state index contributed by atoms with van der Waals surface area (Å²) >= 11 is 0. The molecule has 0 spiro atoms. The minimum Gasteiger partial charge on any atom is -0.497 e. The minimum atomic E-state index is -1.06. The maximum absolute atomic E-state index is 13.4. The molecule has 0 bridgehead atoms. The fourth-order valence-electron chi connectivity index (χ4n) is 4.17. The second-order valence-electron chi connectivity index (χ2n) is 8.74. The minimum absolute atomic E-state index is 0.117. The second-order valence-corrected chi connectivity index (χ2v) is 8.74. The van der Waals surface area contributed by atoms with Crippen LogP contribution in [0.3, 0.4) is 0 Å². The molecule has 0 saturated carbocycles. The first-order valence-electron chi connectivity index (χ1n) is 12.2. The number of amides is 1. The number of benzene rings is 2. The summed E-state index contributed by atoms with van der Waals surface area (Å²) in [5, 5.41) is 10.1. The normalized spacial score (nSPS) is 14.4. The van der Waals surface area contributed by atoms with Crippen LogP contribution in [0.1, 0.15) is 16.7 Å². The number of hydrogen-bond acceptors (Lipinski definition) is 6. The number of methoxy groups -OCH3 is 1. The van der Waals surface area contributed by atoms with Gasteiger partial charge in [0.1, 0.15) is 17.6 Å². The van der Waals surface area contributed by atoms with Gasteiger partial charge in [-0.3, -0.25) is 4.79 Å². The van der Waals surface area contributed by atoms with Gasteiger partial charge in [-0.05, 0) is 41.0 Å². The van der Waals surface area contributed by atoms with Crippen molar-refractivity contribution in [3.8, 4) is 5.75 Å². The van der Waals surface area contributed by atoms with Gasteiger partial charge in [-0.15, -0.1) is 0 Å². The molecule has 2 heterocycles. The van der Waals surface area contributed by atoms with Gasteiger partial charge in [-0.1, -0.05) is 48.5 Å². The van der Waals surface area contributed by atoms with Gasteiger partial charge in [-0.25, -0.2) is 9.78 Å². The van der Waals surface area contributed by atoms with Crippen LogP contribution >= 0.6 is 0 Å². The zero-order chi connectivity index (χ0) is 26.0. The molecule has 2 aromatic carbocycles. The summed E-state index contributed by atoms with van der Waals surface area (Å²) in [6.07, 6.45) is 4.99. The largest absolute Gasteiger partial charge is 0.497 e. The number of carboxylic acids is 1. The van der Waals surface area contributed by atoms with Crippen molar-refractivity contribution >= 4 is 23.8 Å². The van der Waals surface area contributed by atoms with Gasteiger partial charge in [0, 0.05) is 38.3 Å². The molecule has 0 aliphatic carbocycles. The Kier molecular flexibility index (Phi) is 8.89. The number of carboxylic acid groups (broad SMARTS) is 1. The quantitative estimate of drug-likeness (QED) is 0.424. The van der Waals surface area contributed by atoms with E-state index in [2.05, 4.69) is 9.88 Å². The van der Waals surface area contributed by atoms with Crippen molar-refractivity contribution in [2.75, 3.05) is 38.3 Å². The van der Waals surface area contributed by atoms with Crippen LogP contribution in [-0.4, -0.2) is 66.3 Å². The average molecular weight is 502 g/mol. The first-order valence-corrected chi connectivity index (χ1v) is 12.2. The fourth-order valence-corrected chi connectivity index (χ4v) is 4.17. The monoisotopic (exact) mass is 501 g/mol. The molecule has 8 heteroatoms. The fraction of sp³-hybridized carbons (Fsp3) is 0.276. The van der Waals surface area contributed by atoms with Crippen molar-refractivity contribution in [1.29, 1.82) is 0 Å². The summed E-state index contributed by atoms with van der Waals surface area (Å²) in [7, 11) is 1.59. The highest BCUT2D eigenvalue weighted by Crippen LogP contribution is 2.19. The highest BCUT2D eigenvalue weighted by Gasteiger charge is 2.29. The van der Waals surface area contributed by atoms with E-state index in [0.717, 1.165) is 35.6 Å². The molecule has 0 radical (unpaired) electrons. The van der Waals surface area contributed by atoms with E-state index in [4.69, 9.17) is 9.47 Å². The van der Waals surface area contributed by atoms with E-state index in [9.17, 15) is 14.7 Å². The number of hydrogen-bond donors (Lipinski definition) is 1. The Bertz CT molecular complexity index is 1190. The molecule has 8 nitrogen and oxygen atoms in total. The van der Waals surface area contributed by atoms with Gasteiger partial charge >= 0.3 is 5.97 Å². The standard InChI is InChI=1S/C29H31N3O5/c1-36-25-11-7-22(8-12-25)10-14-28(33)32(26(29(34)35)19-23-5-3-2-4-6-23)21-24-9-13-27(30-20-24)31-15-17-37-18-16-31/h2-14,20,26H,15-19,21H2,1H3,(H,34,35). The van der Waals surface area contributed by atoms with E-state index in [1.54, 1.807) is 31.5 Å². The predicted molar refractivity (Wildman–Crippen MR) is 141 cm³/mol. The Labute approximate surface area is 216 Å². The Hall–Kier alpha value is -4.17. The lowest BCUT2D eigenvalue weighted by Gasteiger charge is -2.29. The summed E-state index contributed by atoms with van der Waals surface area (Å²) in [5.74, 6) is 0.0969. The second kappa shape index (κ2) is 12.7. The van der Waals surface area contributed by atoms with Crippen molar-refractivity contribution in [3.63, 3.8) is 0 Å². The summed E-state index contributed by atoms with van der Waals surface area (Å²) in [6, 6.07) is 19.4. The Morgan fingerprint density at radius 1 is 1.05 bits per heavy atom. The summed E-state index contributed by atoms with van der Waals surface area (Å²) in [5.41, 5.74) is 2.40. The van der Waals surface area contributed by atoms with Crippen molar-refractivity contribution < 1.29 is 24.2 Å². The number of ether oxygens (including phenoxy) is 2. The molecule has 1 N–H and O–H groups in total. The van der Waals surface area contributed by atoms with Crippen LogP contribution in [0.15, 0.2) is 79.0 Å². The van der Waals surface area contributed by atoms with Crippen LogP contribution in [-0.2, 0) is 27.3 Å². The Morgan fingerprint density at radius 3 is 2.41 bits per heavy atom. The van der Waals surface area contributed by atoms with Gasteiger partial charge in [0.2, 0.25) is 5.91 Å². The Morgan fingerprint density at radius 2 is 1.78 bits per heavy atom. The molecule has 1 saturated heterocycles. The third-order valence-electron chi connectivity index (χ3n) is 6.25. The van der Waals surface area contributed by atoms with Crippen LogP contribution in [0.25, 0.3) is 6.08 Å². The van der Waals surface area contributed by atoms with Gasteiger partial charge < -0.3 is 24.4 Å². The lowest BCUT2D eigenvalue weighted by Crippen LogP contribution is -2.45. The maximum Gasteiger partial charge on any atom is 0.326 e. The summed E-state index contributed by atoms with van der Waals surface area (Å²) in [4.78, 5) is 33.9. The molecule has 4 rings (SSSR count). The van der Waals surface area contributed by atoms with E-state index in [1.165, 1.54) is 11.0 Å². The van der Waals surface area contributed by atoms with Crippen LogP contribution in [0, 0.1) is 0 Å². The van der Waals surface area contributed by atoms with Crippen molar-refractivity contribution in [2.45, 2.75) is 19.0 Å². The van der Waals surface area contributed by atoms with Gasteiger partial charge in [-0.2, -0.15) is 0 Å². The van der Waals surface area contributed by atoms with Crippen molar-refractivity contribution in [2.24, 2.45) is 0 Å². The van der Waals surface area contributed by atoms with Gasteiger partial charge in [0.15, 0.2) is 0 Å². The maximum atomic E-state index is 13.4. The van der Waals surface area contributed by atoms with Crippen LogP contribution in [0.4, 0.5) is 5.82 Å². The number of pyridine rings is 1. The molecule has 1 unspecified atom stereocenters. The first-order chi connectivity index (χ1) is 18.0. The molecule has 1 atom stereocenters. The number of nitrogens with zero attached hydrogens (tertiary/aromatic N) is 3. The SMILES string of the molecule is COc1ccc(C=CC(=O)N(Cc2ccc(N3CCOCC3)nc2)C(Cc2ccccc2)C(=O)O)cc1. The lowest BCUT2D eigenvalue weighted by molar-refractivity contribution is -0.148. The molecular formula is C29H31N3O5.